The molecule has 1 amide bonds. The lowest BCUT2D eigenvalue weighted by atomic mass is 10.1. The van der Waals surface area contributed by atoms with Crippen LogP contribution in [0.4, 0.5) is 17.1 Å². The number of amides is 1. The lowest BCUT2D eigenvalue weighted by molar-refractivity contribution is -0.105. The molecular weight excluding hydrogens is 314 g/mol. The number of hydrogen-bond acceptors (Lipinski definition) is 4. The molecular formula is C17H14ClN3O2. The molecule has 0 spiro atoms. The number of pyridine rings is 1. The number of carbonyl (C=O) groups excluding carboxylic acids is 1. The van der Waals surface area contributed by atoms with E-state index in [1.807, 2.05) is 18.2 Å². The summed E-state index contributed by atoms with van der Waals surface area (Å²) in [5.41, 5.74) is 3.70. The van der Waals surface area contributed by atoms with Gasteiger partial charge < -0.3 is 15.7 Å². The summed E-state index contributed by atoms with van der Waals surface area (Å²) in [5.74, 6) is 0. The number of nitrogens with one attached hydrogen (secondary N) is 2. The summed E-state index contributed by atoms with van der Waals surface area (Å²) in [5, 5.41) is 16.8. The Balaban J connectivity index is 2.01. The smallest absolute Gasteiger partial charge is 0.211 e. The summed E-state index contributed by atoms with van der Waals surface area (Å²) in [4.78, 5) is 14.9. The van der Waals surface area contributed by atoms with Gasteiger partial charge in [-0.05, 0) is 48.0 Å². The van der Waals surface area contributed by atoms with Crippen molar-refractivity contribution in [1.29, 1.82) is 0 Å². The third kappa shape index (κ3) is 3.41. The fraction of sp³-hybridized carbons (Fsp3) is 0.0588. The first kappa shape index (κ1) is 15.3. The number of aromatic nitrogens is 1. The first-order chi connectivity index (χ1) is 11.2. The molecule has 5 nitrogen and oxygen atoms in total. The van der Waals surface area contributed by atoms with Gasteiger partial charge in [0.25, 0.3) is 0 Å². The largest absolute Gasteiger partial charge is 0.392 e. The number of fused-ring (bicyclic) bond motifs is 1. The van der Waals surface area contributed by atoms with Gasteiger partial charge in [0.15, 0.2) is 0 Å². The highest BCUT2D eigenvalue weighted by Gasteiger charge is 2.05. The summed E-state index contributed by atoms with van der Waals surface area (Å²) in [7, 11) is 0. The van der Waals surface area contributed by atoms with Crippen molar-refractivity contribution >= 4 is 46.0 Å². The van der Waals surface area contributed by atoms with Gasteiger partial charge in [-0.3, -0.25) is 9.78 Å². The van der Waals surface area contributed by atoms with Crippen molar-refractivity contribution in [2.24, 2.45) is 0 Å². The summed E-state index contributed by atoms with van der Waals surface area (Å²) in [6, 6.07) is 12.7. The van der Waals surface area contributed by atoms with Crippen LogP contribution in [0.15, 0.2) is 48.7 Å². The van der Waals surface area contributed by atoms with Crippen LogP contribution in [0.25, 0.3) is 10.9 Å². The lowest BCUT2D eigenvalue weighted by Crippen LogP contribution is -1.99. The van der Waals surface area contributed by atoms with Crippen molar-refractivity contribution in [1.82, 2.24) is 4.98 Å². The molecule has 0 radical (unpaired) electrons. The predicted octanol–water partition coefficient (Wildman–Crippen LogP) is 3.69. The van der Waals surface area contributed by atoms with E-state index in [-0.39, 0.29) is 6.61 Å². The molecule has 0 fully saturated rings. The highest BCUT2D eigenvalue weighted by molar-refractivity contribution is 6.31. The van der Waals surface area contributed by atoms with Crippen molar-refractivity contribution in [3.63, 3.8) is 0 Å². The summed E-state index contributed by atoms with van der Waals surface area (Å²) >= 11 is 6.00. The zero-order chi connectivity index (χ0) is 16.2. The van der Waals surface area contributed by atoms with Gasteiger partial charge in [0, 0.05) is 33.7 Å². The standard InChI is InChI=1S/C17H14ClN3O2/c18-12-1-2-15-16(3-4-19-17(15)7-12)21-14-6-11(9-22)5-13(8-14)20-10-23/h1-8,10,22H,9H2,(H,19,21)(H,20,23). The summed E-state index contributed by atoms with van der Waals surface area (Å²) < 4.78 is 0. The maximum atomic E-state index is 10.6. The van der Waals surface area contributed by atoms with Crippen LogP contribution in [0, 0.1) is 0 Å². The molecule has 23 heavy (non-hydrogen) atoms. The minimum Gasteiger partial charge on any atom is -0.392 e. The second-order valence-electron chi connectivity index (χ2n) is 4.98. The van der Waals surface area contributed by atoms with Gasteiger partial charge in [0.1, 0.15) is 0 Å². The molecule has 1 heterocycles. The van der Waals surface area contributed by atoms with Crippen LogP contribution >= 0.6 is 11.6 Å². The molecule has 116 valence electrons. The van der Waals surface area contributed by atoms with Crippen molar-refractivity contribution in [2.75, 3.05) is 10.6 Å². The summed E-state index contributed by atoms with van der Waals surface area (Å²) in [6.45, 7) is -0.115. The van der Waals surface area contributed by atoms with Gasteiger partial charge in [-0.1, -0.05) is 11.6 Å². The van der Waals surface area contributed by atoms with Crippen molar-refractivity contribution in [3.8, 4) is 0 Å². The predicted molar refractivity (Wildman–Crippen MR) is 92.1 cm³/mol. The first-order valence-corrected chi connectivity index (χ1v) is 7.34. The molecule has 1 aromatic heterocycles. The molecule has 3 aromatic rings. The normalized spacial score (nSPS) is 10.5. The van der Waals surface area contributed by atoms with Crippen LogP contribution in [-0.2, 0) is 11.4 Å². The molecule has 0 unspecified atom stereocenters. The monoisotopic (exact) mass is 327 g/mol. The number of hydrogen-bond donors (Lipinski definition) is 3. The Bertz CT molecular complexity index is 868. The van der Waals surface area contributed by atoms with Gasteiger partial charge >= 0.3 is 0 Å². The third-order valence-electron chi connectivity index (χ3n) is 3.38. The first-order valence-electron chi connectivity index (χ1n) is 6.96. The molecule has 0 aliphatic heterocycles. The van der Waals surface area contributed by atoms with Crippen LogP contribution in [0.1, 0.15) is 5.56 Å². The zero-order valence-corrected chi connectivity index (χ0v) is 12.8. The third-order valence-corrected chi connectivity index (χ3v) is 3.62. The van der Waals surface area contributed by atoms with Crippen LogP contribution in [0.3, 0.4) is 0 Å². The highest BCUT2D eigenvalue weighted by atomic mass is 35.5. The van der Waals surface area contributed by atoms with Crippen LogP contribution in [0.5, 0.6) is 0 Å². The zero-order valence-electron chi connectivity index (χ0n) is 12.1. The maximum absolute atomic E-state index is 10.6. The number of nitrogens with zero attached hydrogens (tertiary/aromatic N) is 1. The van der Waals surface area contributed by atoms with E-state index in [9.17, 15) is 9.90 Å². The SMILES string of the molecule is O=CNc1cc(CO)cc(Nc2ccnc3cc(Cl)ccc23)c1. The van der Waals surface area contributed by atoms with Crippen molar-refractivity contribution in [2.45, 2.75) is 6.61 Å². The Kier molecular flexibility index (Phi) is 4.41. The molecule has 0 aliphatic rings. The fourth-order valence-electron chi connectivity index (χ4n) is 2.39. The minimum absolute atomic E-state index is 0.115. The average molecular weight is 328 g/mol. The average Bonchev–Trinajstić information content (AvgIpc) is 2.55. The molecule has 2 aromatic carbocycles. The van der Waals surface area contributed by atoms with E-state index >= 15 is 0 Å². The van der Waals surface area contributed by atoms with E-state index in [1.54, 1.807) is 30.5 Å². The van der Waals surface area contributed by atoms with Crippen molar-refractivity contribution in [3.05, 3.63) is 59.2 Å². The number of halogens is 1. The Morgan fingerprint density at radius 3 is 2.74 bits per heavy atom. The molecule has 0 aliphatic carbocycles. The van der Waals surface area contributed by atoms with E-state index < -0.39 is 0 Å². The Morgan fingerprint density at radius 1 is 1.13 bits per heavy atom. The number of aliphatic hydroxyl groups excluding tert-OH is 1. The van der Waals surface area contributed by atoms with Gasteiger partial charge in [0.2, 0.25) is 6.41 Å². The minimum atomic E-state index is -0.115. The molecule has 0 saturated heterocycles. The number of benzene rings is 2. The van der Waals surface area contributed by atoms with E-state index in [2.05, 4.69) is 15.6 Å². The molecule has 6 heteroatoms. The Morgan fingerprint density at radius 2 is 1.96 bits per heavy atom. The second kappa shape index (κ2) is 6.64. The highest BCUT2D eigenvalue weighted by Crippen LogP contribution is 2.28. The van der Waals surface area contributed by atoms with Gasteiger partial charge in [0.05, 0.1) is 12.1 Å². The molecule has 3 rings (SSSR count). The van der Waals surface area contributed by atoms with Crippen LogP contribution in [0.2, 0.25) is 5.02 Å². The number of carbonyl (C=O) groups is 1. The van der Waals surface area contributed by atoms with E-state index in [1.165, 1.54) is 0 Å². The van der Waals surface area contributed by atoms with Crippen LogP contribution in [-0.4, -0.2) is 16.5 Å². The topological polar surface area (TPSA) is 74.2 Å². The number of aliphatic hydroxyl groups is 1. The van der Waals surface area contributed by atoms with E-state index in [0.29, 0.717) is 22.7 Å². The number of rotatable bonds is 5. The molecule has 0 atom stereocenters. The van der Waals surface area contributed by atoms with Gasteiger partial charge in [-0.2, -0.15) is 0 Å². The summed E-state index contributed by atoms with van der Waals surface area (Å²) in [6.07, 6.45) is 2.30. The van der Waals surface area contributed by atoms with E-state index in [0.717, 1.165) is 22.3 Å². The second-order valence-corrected chi connectivity index (χ2v) is 5.42. The van der Waals surface area contributed by atoms with Gasteiger partial charge in [-0.25, -0.2) is 0 Å². The van der Waals surface area contributed by atoms with Crippen LogP contribution < -0.4 is 10.6 Å². The molecule has 0 saturated carbocycles. The molecule has 0 bridgehead atoms. The Hall–Kier alpha value is -2.63. The lowest BCUT2D eigenvalue weighted by Gasteiger charge is -2.12. The van der Waals surface area contributed by atoms with Gasteiger partial charge in [-0.15, -0.1) is 0 Å². The maximum Gasteiger partial charge on any atom is 0.211 e. The van der Waals surface area contributed by atoms with Crippen molar-refractivity contribution < 1.29 is 9.90 Å². The molecule has 3 N–H and O–H groups in total. The quantitative estimate of drug-likeness (QED) is 0.625. The fourth-order valence-corrected chi connectivity index (χ4v) is 2.56. The van der Waals surface area contributed by atoms with E-state index in [4.69, 9.17) is 11.6 Å². The number of anilines is 3. The Labute approximate surface area is 137 Å².